The highest BCUT2D eigenvalue weighted by atomic mass is 16.4. The maximum absolute atomic E-state index is 11.7. The summed E-state index contributed by atoms with van der Waals surface area (Å²) in [7, 11) is 0. The number of carboxylic acid groups (broad SMARTS) is 1. The largest absolute Gasteiger partial charge is 0.481 e. The van der Waals surface area contributed by atoms with E-state index in [0.29, 0.717) is 13.1 Å². The first-order chi connectivity index (χ1) is 8.51. The zero-order chi connectivity index (χ0) is 14.0. The van der Waals surface area contributed by atoms with Crippen molar-refractivity contribution in [3.63, 3.8) is 0 Å². The van der Waals surface area contributed by atoms with E-state index in [2.05, 4.69) is 11.9 Å². The second kappa shape index (κ2) is 9.17. The number of nitrogens with zero attached hydrogens (tertiary/aromatic N) is 1. The van der Waals surface area contributed by atoms with Crippen molar-refractivity contribution < 1.29 is 19.5 Å². The topological polar surface area (TPSA) is 113 Å². The monoisotopic (exact) mass is 257 g/mol. The van der Waals surface area contributed by atoms with Crippen LogP contribution in [0.2, 0.25) is 0 Å². The molecular formula is C11H19N3O4. The zero-order valence-electron chi connectivity index (χ0n) is 10.2. The van der Waals surface area contributed by atoms with Gasteiger partial charge >= 0.3 is 5.97 Å². The van der Waals surface area contributed by atoms with E-state index in [-0.39, 0.29) is 37.7 Å². The van der Waals surface area contributed by atoms with Gasteiger partial charge in [-0.25, -0.2) is 0 Å². The zero-order valence-corrected chi connectivity index (χ0v) is 10.2. The van der Waals surface area contributed by atoms with Gasteiger partial charge in [-0.05, 0) is 6.08 Å². The summed E-state index contributed by atoms with van der Waals surface area (Å²) in [6.45, 7) is 4.50. The van der Waals surface area contributed by atoms with E-state index in [1.807, 2.05) is 0 Å². The Balaban J connectivity index is 4.11. The van der Waals surface area contributed by atoms with Crippen LogP contribution >= 0.6 is 0 Å². The van der Waals surface area contributed by atoms with Crippen molar-refractivity contribution in [1.82, 2.24) is 10.2 Å². The molecule has 0 heterocycles. The average molecular weight is 257 g/mol. The Morgan fingerprint density at radius 1 is 1.28 bits per heavy atom. The molecule has 18 heavy (non-hydrogen) atoms. The quantitative estimate of drug-likeness (QED) is 0.456. The van der Waals surface area contributed by atoms with Gasteiger partial charge in [0.1, 0.15) is 0 Å². The molecule has 0 fully saturated rings. The molecule has 0 radical (unpaired) electrons. The molecule has 0 aliphatic rings. The first-order valence-electron chi connectivity index (χ1n) is 5.61. The van der Waals surface area contributed by atoms with Crippen LogP contribution in [0.1, 0.15) is 12.8 Å². The summed E-state index contributed by atoms with van der Waals surface area (Å²) in [5.74, 6) is -1.62. The van der Waals surface area contributed by atoms with Gasteiger partial charge in [0, 0.05) is 32.6 Å². The number of rotatable bonds is 9. The van der Waals surface area contributed by atoms with Crippen molar-refractivity contribution in [2.24, 2.45) is 5.73 Å². The van der Waals surface area contributed by atoms with Gasteiger partial charge in [0.15, 0.2) is 0 Å². The first-order valence-corrected chi connectivity index (χ1v) is 5.61. The molecule has 0 atom stereocenters. The molecule has 0 rings (SSSR count). The minimum Gasteiger partial charge on any atom is -0.481 e. The number of nitrogens with one attached hydrogen (secondary N) is 1. The van der Waals surface area contributed by atoms with Crippen LogP contribution in [0.5, 0.6) is 0 Å². The van der Waals surface area contributed by atoms with Crippen molar-refractivity contribution in [2.75, 3.05) is 26.2 Å². The second-order valence-corrected chi connectivity index (χ2v) is 3.56. The number of hydrogen-bond donors (Lipinski definition) is 3. The molecule has 0 saturated carbocycles. The molecule has 0 unspecified atom stereocenters. The third-order valence-electron chi connectivity index (χ3n) is 2.17. The molecule has 0 aromatic carbocycles. The summed E-state index contributed by atoms with van der Waals surface area (Å²) >= 11 is 0. The first kappa shape index (κ1) is 16.1. The van der Waals surface area contributed by atoms with E-state index < -0.39 is 5.97 Å². The Kier molecular flexibility index (Phi) is 8.21. The fourth-order valence-electron chi connectivity index (χ4n) is 1.28. The third kappa shape index (κ3) is 7.39. The summed E-state index contributed by atoms with van der Waals surface area (Å²) in [4.78, 5) is 34.4. The van der Waals surface area contributed by atoms with Crippen LogP contribution < -0.4 is 11.1 Å². The molecule has 0 spiro atoms. The number of nitrogens with two attached hydrogens (primary N) is 1. The lowest BCUT2D eigenvalue weighted by molar-refractivity contribution is -0.140. The summed E-state index contributed by atoms with van der Waals surface area (Å²) < 4.78 is 0. The Labute approximate surface area is 106 Å². The van der Waals surface area contributed by atoms with Crippen molar-refractivity contribution in [3.05, 3.63) is 12.7 Å². The van der Waals surface area contributed by atoms with Crippen LogP contribution in [0.25, 0.3) is 0 Å². The lowest BCUT2D eigenvalue weighted by Gasteiger charge is -2.21. The third-order valence-corrected chi connectivity index (χ3v) is 2.17. The van der Waals surface area contributed by atoms with Gasteiger partial charge in [0.25, 0.3) is 0 Å². The maximum atomic E-state index is 11.7. The second-order valence-electron chi connectivity index (χ2n) is 3.56. The molecule has 2 amide bonds. The summed E-state index contributed by atoms with van der Waals surface area (Å²) in [5.41, 5.74) is 5.37. The van der Waals surface area contributed by atoms with Crippen LogP contribution in [-0.4, -0.2) is 54.0 Å². The number of carbonyl (C=O) groups is 3. The van der Waals surface area contributed by atoms with E-state index in [1.54, 1.807) is 0 Å². The standard InChI is InChI=1S/C11H19N3O4/c1-2-9(15)13-6-8-14(7-5-12)10(16)3-4-11(17)18/h2H,1,3-8,12H2,(H,13,15)(H,17,18). The van der Waals surface area contributed by atoms with Crippen molar-refractivity contribution in [1.29, 1.82) is 0 Å². The van der Waals surface area contributed by atoms with E-state index in [9.17, 15) is 14.4 Å². The molecular weight excluding hydrogens is 238 g/mol. The Bertz CT molecular complexity index is 317. The van der Waals surface area contributed by atoms with Crippen molar-refractivity contribution in [2.45, 2.75) is 12.8 Å². The van der Waals surface area contributed by atoms with Crippen LogP contribution in [-0.2, 0) is 14.4 Å². The number of carboxylic acids is 1. The van der Waals surface area contributed by atoms with Gasteiger partial charge in [-0.3, -0.25) is 14.4 Å². The lowest BCUT2D eigenvalue weighted by atomic mass is 10.2. The van der Waals surface area contributed by atoms with Crippen molar-refractivity contribution >= 4 is 17.8 Å². The van der Waals surface area contributed by atoms with E-state index in [1.165, 1.54) is 4.90 Å². The average Bonchev–Trinajstić information content (AvgIpc) is 2.34. The number of aliphatic carboxylic acids is 1. The molecule has 0 aromatic rings. The number of carbonyl (C=O) groups excluding carboxylic acids is 2. The Morgan fingerprint density at radius 3 is 2.44 bits per heavy atom. The van der Waals surface area contributed by atoms with Crippen LogP contribution in [0.3, 0.4) is 0 Å². The highest BCUT2D eigenvalue weighted by molar-refractivity contribution is 5.86. The van der Waals surface area contributed by atoms with Gasteiger partial charge < -0.3 is 21.1 Å². The van der Waals surface area contributed by atoms with Gasteiger partial charge in [-0.15, -0.1) is 0 Å². The van der Waals surface area contributed by atoms with E-state index in [4.69, 9.17) is 10.8 Å². The summed E-state index contributed by atoms with van der Waals surface area (Å²) in [6, 6.07) is 0. The predicted molar refractivity (Wildman–Crippen MR) is 65.7 cm³/mol. The molecule has 0 aliphatic heterocycles. The summed E-state index contributed by atoms with van der Waals surface area (Å²) in [6.07, 6.45) is 0.864. The van der Waals surface area contributed by atoms with Crippen LogP contribution in [0.15, 0.2) is 12.7 Å². The minimum absolute atomic E-state index is 0.0647. The predicted octanol–water partition coefficient (Wildman–Crippen LogP) is -1.06. The molecule has 4 N–H and O–H groups in total. The maximum Gasteiger partial charge on any atom is 0.303 e. The van der Waals surface area contributed by atoms with Gasteiger partial charge in [0.05, 0.1) is 6.42 Å². The molecule has 7 heteroatoms. The minimum atomic E-state index is -1.02. The smallest absolute Gasteiger partial charge is 0.303 e. The fourth-order valence-corrected chi connectivity index (χ4v) is 1.28. The van der Waals surface area contributed by atoms with Crippen LogP contribution in [0.4, 0.5) is 0 Å². The lowest BCUT2D eigenvalue weighted by Crippen LogP contribution is -2.40. The van der Waals surface area contributed by atoms with E-state index in [0.717, 1.165) is 6.08 Å². The molecule has 0 saturated heterocycles. The number of amides is 2. The Hall–Kier alpha value is -1.89. The molecule has 7 nitrogen and oxygen atoms in total. The van der Waals surface area contributed by atoms with Crippen LogP contribution in [0, 0.1) is 0 Å². The number of hydrogen-bond acceptors (Lipinski definition) is 4. The highest BCUT2D eigenvalue weighted by Crippen LogP contribution is 1.97. The van der Waals surface area contributed by atoms with Gasteiger partial charge in [-0.1, -0.05) is 6.58 Å². The van der Waals surface area contributed by atoms with E-state index >= 15 is 0 Å². The molecule has 0 bridgehead atoms. The molecule has 0 aromatic heterocycles. The van der Waals surface area contributed by atoms with Crippen molar-refractivity contribution in [3.8, 4) is 0 Å². The highest BCUT2D eigenvalue weighted by Gasteiger charge is 2.13. The van der Waals surface area contributed by atoms with Gasteiger partial charge in [-0.2, -0.15) is 0 Å². The van der Waals surface area contributed by atoms with Gasteiger partial charge in [0.2, 0.25) is 11.8 Å². The SMILES string of the molecule is C=CC(=O)NCCN(CCN)C(=O)CCC(=O)O. The Morgan fingerprint density at radius 2 is 1.94 bits per heavy atom. The normalized spacial score (nSPS) is 9.61. The molecule has 102 valence electrons. The summed E-state index contributed by atoms with van der Waals surface area (Å²) in [5, 5.41) is 11.0. The molecule has 0 aliphatic carbocycles. The fraction of sp³-hybridized carbons (Fsp3) is 0.545.